The van der Waals surface area contributed by atoms with E-state index in [9.17, 15) is 20.2 Å². The maximum absolute atomic E-state index is 11.0. The number of hydrogen-bond acceptors (Lipinski definition) is 6. The number of unbranched alkanes of at least 4 members (excludes halogenated alkanes) is 1. The van der Waals surface area contributed by atoms with Crippen LogP contribution in [0.2, 0.25) is 0 Å². The first-order valence-electron chi connectivity index (χ1n) is 6.74. The van der Waals surface area contributed by atoms with E-state index in [0.717, 1.165) is 12.8 Å². The Hall–Kier alpha value is -1.28. The third-order valence-corrected chi connectivity index (χ3v) is 3.14. The van der Waals surface area contributed by atoms with Gasteiger partial charge in [0.05, 0.1) is 13.1 Å². The lowest BCUT2D eigenvalue weighted by Crippen LogP contribution is -2.51. The molecule has 8 heteroatoms. The fraction of sp³-hybridized carbons (Fsp3) is 1.00. The molecule has 0 fully saturated rings. The van der Waals surface area contributed by atoms with Gasteiger partial charge in [0, 0.05) is 37.5 Å². The van der Waals surface area contributed by atoms with E-state index in [2.05, 4.69) is 0 Å². The van der Waals surface area contributed by atoms with Gasteiger partial charge in [-0.1, -0.05) is 0 Å². The van der Waals surface area contributed by atoms with Crippen molar-refractivity contribution in [3.05, 3.63) is 20.2 Å². The highest BCUT2D eigenvalue weighted by Gasteiger charge is 2.38. The normalized spacial score (nSPS) is 12.7. The van der Waals surface area contributed by atoms with Crippen molar-refractivity contribution >= 4 is 0 Å². The largest absolute Gasteiger partial charge is 0.330 e. The summed E-state index contributed by atoms with van der Waals surface area (Å²) < 4.78 is 0. The molecule has 0 saturated carbocycles. The van der Waals surface area contributed by atoms with Crippen molar-refractivity contribution < 1.29 is 9.85 Å². The first kappa shape index (κ1) is 18.7. The zero-order valence-corrected chi connectivity index (χ0v) is 12.8. The Morgan fingerprint density at radius 3 is 1.65 bits per heavy atom. The smallest absolute Gasteiger partial charge is 0.229 e. The molecule has 0 atom stereocenters. The molecule has 0 aromatic rings. The van der Waals surface area contributed by atoms with E-state index in [1.54, 1.807) is 4.90 Å². The first-order valence-corrected chi connectivity index (χ1v) is 6.74. The van der Waals surface area contributed by atoms with Crippen molar-refractivity contribution in [2.45, 2.75) is 51.6 Å². The van der Waals surface area contributed by atoms with Crippen LogP contribution in [-0.2, 0) is 0 Å². The van der Waals surface area contributed by atoms with Crippen LogP contribution in [0.5, 0.6) is 0 Å². The Kier molecular flexibility index (Phi) is 7.01. The lowest BCUT2D eigenvalue weighted by atomic mass is 10.0. The first-order chi connectivity index (χ1) is 9.03. The number of hydrogen-bond donors (Lipinski definition) is 1. The van der Waals surface area contributed by atoms with Gasteiger partial charge in [-0.15, -0.1) is 0 Å². The Morgan fingerprint density at radius 1 is 0.950 bits per heavy atom. The van der Waals surface area contributed by atoms with Gasteiger partial charge < -0.3 is 5.73 Å². The summed E-state index contributed by atoms with van der Waals surface area (Å²) in [6.45, 7) is 7.61. The minimum absolute atomic E-state index is 0.182. The second kappa shape index (κ2) is 7.49. The van der Waals surface area contributed by atoms with E-state index in [0.29, 0.717) is 13.1 Å². The van der Waals surface area contributed by atoms with Crippen molar-refractivity contribution in [1.82, 2.24) is 4.90 Å². The summed E-state index contributed by atoms with van der Waals surface area (Å²) in [5.41, 5.74) is 3.17. The molecule has 0 aliphatic heterocycles. The summed E-state index contributed by atoms with van der Waals surface area (Å²) >= 11 is 0. The third kappa shape index (κ3) is 6.25. The van der Waals surface area contributed by atoms with Crippen molar-refractivity contribution in [1.29, 1.82) is 0 Å². The van der Waals surface area contributed by atoms with Crippen LogP contribution in [-0.4, -0.2) is 52.0 Å². The zero-order chi connectivity index (χ0) is 16.0. The lowest BCUT2D eigenvalue weighted by Gasteiger charge is -2.30. The molecule has 0 amide bonds. The molecule has 8 nitrogen and oxygen atoms in total. The number of nitrogens with zero attached hydrogens (tertiary/aromatic N) is 3. The molecule has 0 unspecified atom stereocenters. The molecular weight excluding hydrogens is 264 g/mol. The van der Waals surface area contributed by atoms with Gasteiger partial charge in [0.25, 0.3) is 0 Å². The second-order valence-corrected chi connectivity index (χ2v) is 6.35. The number of nitrogens with two attached hydrogens (primary N) is 1. The monoisotopic (exact) mass is 290 g/mol. The molecule has 0 aromatic carbocycles. The molecule has 0 aliphatic rings. The predicted molar refractivity (Wildman–Crippen MR) is 76.9 cm³/mol. The Labute approximate surface area is 119 Å². The van der Waals surface area contributed by atoms with E-state index >= 15 is 0 Å². The standard InChI is InChI=1S/C12H26N4O4/c1-11(2,15(17)18)9-14(8-6-5-7-13)10-12(3,4)16(19)20/h5-10,13H2,1-4H3. The molecule has 2 N–H and O–H groups in total. The van der Waals surface area contributed by atoms with Gasteiger partial charge in [-0.2, -0.15) is 0 Å². The van der Waals surface area contributed by atoms with Gasteiger partial charge in [0.15, 0.2) is 0 Å². The molecule has 0 heterocycles. The van der Waals surface area contributed by atoms with Gasteiger partial charge in [0.1, 0.15) is 0 Å². The molecule has 0 radical (unpaired) electrons. The van der Waals surface area contributed by atoms with Crippen LogP contribution in [0.4, 0.5) is 0 Å². The maximum Gasteiger partial charge on any atom is 0.229 e. The van der Waals surface area contributed by atoms with Crippen LogP contribution in [0.1, 0.15) is 40.5 Å². The lowest BCUT2D eigenvalue weighted by molar-refractivity contribution is -0.569. The summed E-state index contributed by atoms with van der Waals surface area (Å²) in [6.07, 6.45) is 1.58. The third-order valence-electron chi connectivity index (χ3n) is 3.14. The molecule has 0 saturated heterocycles. The van der Waals surface area contributed by atoms with E-state index in [4.69, 9.17) is 5.73 Å². The number of nitro groups is 2. The average molecular weight is 290 g/mol. The van der Waals surface area contributed by atoms with Crippen LogP contribution < -0.4 is 5.73 Å². The van der Waals surface area contributed by atoms with Crippen molar-refractivity contribution in [2.24, 2.45) is 5.73 Å². The summed E-state index contributed by atoms with van der Waals surface area (Å²) in [4.78, 5) is 23.1. The van der Waals surface area contributed by atoms with E-state index in [1.807, 2.05) is 0 Å². The zero-order valence-electron chi connectivity index (χ0n) is 12.8. The fourth-order valence-electron chi connectivity index (χ4n) is 1.90. The van der Waals surface area contributed by atoms with Gasteiger partial charge in [-0.25, -0.2) is 0 Å². The van der Waals surface area contributed by atoms with Crippen molar-refractivity contribution in [2.75, 3.05) is 26.2 Å². The molecule has 0 aromatic heterocycles. The van der Waals surface area contributed by atoms with Crippen LogP contribution in [0.25, 0.3) is 0 Å². The summed E-state index contributed by atoms with van der Waals surface area (Å²) in [6, 6.07) is 0. The minimum atomic E-state index is -1.13. The van der Waals surface area contributed by atoms with Crippen LogP contribution in [0.3, 0.4) is 0 Å². The Morgan fingerprint density at radius 2 is 1.35 bits per heavy atom. The van der Waals surface area contributed by atoms with E-state index in [1.165, 1.54) is 27.7 Å². The molecule has 20 heavy (non-hydrogen) atoms. The highest BCUT2D eigenvalue weighted by atomic mass is 16.6. The van der Waals surface area contributed by atoms with Crippen molar-refractivity contribution in [3.63, 3.8) is 0 Å². The summed E-state index contributed by atoms with van der Waals surface area (Å²) in [5, 5.41) is 22.0. The Balaban J connectivity index is 4.81. The second-order valence-electron chi connectivity index (χ2n) is 6.35. The van der Waals surface area contributed by atoms with Crippen LogP contribution >= 0.6 is 0 Å². The topological polar surface area (TPSA) is 116 Å². The molecule has 0 bridgehead atoms. The Bertz CT molecular complexity index is 316. The fourth-order valence-corrected chi connectivity index (χ4v) is 1.90. The van der Waals surface area contributed by atoms with Gasteiger partial charge >= 0.3 is 0 Å². The highest BCUT2D eigenvalue weighted by molar-refractivity contribution is 4.79. The van der Waals surface area contributed by atoms with Gasteiger partial charge in [0.2, 0.25) is 11.1 Å². The molecule has 0 rings (SSSR count). The molecule has 0 spiro atoms. The highest BCUT2D eigenvalue weighted by Crippen LogP contribution is 2.16. The summed E-state index contributed by atoms with van der Waals surface area (Å²) in [5.74, 6) is 0. The number of rotatable bonds is 10. The van der Waals surface area contributed by atoms with E-state index < -0.39 is 11.1 Å². The van der Waals surface area contributed by atoms with Gasteiger partial charge in [-0.05, 0) is 25.9 Å². The maximum atomic E-state index is 11.0. The minimum Gasteiger partial charge on any atom is -0.330 e. The van der Waals surface area contributed by atoms with Crippen LogP contribution in [0, 0.1) is 20.2 Å². The SMILES string of the molecule is CC(C)(CN(CCCCN)CC(C)(C)[N+](=O)[O-])[N+](=O)[O-]. The molecular formula is C12H26N4O4. The van der Waals surface area contributed by atoms with Crippen LogP contribution in [0.15, 0.2) is 0 Å². The van der Waals surface area contributed by atoms with Gasteiger partial charge in [-0.3, -0.25) is 25.1 Å². The quantitative estimate of drug-likeness (QED) is 0.366. The van der Waals surface area contributed by atoms with E-state index in [-0.39, 0.29) is 22.9 Å². The molecule has 0 aliphatic carbocycles. The predicted octanol–water partition coefficient (Wildman–Crippen LogP) is 1.14. The summed E-state index contributed by atoms with van der Waals surface area (Å²) in [7, 11) is 0. The molecule has 118 valence electrons. The average Bonchev–Trinajstić information content (AvgIpc) is 2.27. The van der Waals surface area contributed by atoms with Crippen molar-refractivity contribution in [3.8, 4) is 0 Å².